The van der Waals surface area contributed by atoms with E-state index in [-0.39, 0.29) is 5.56 Å². The van der Waals surface area contributed by atoms with E-state index in [1.54, 1.807) is 29.6 Å². The second kappa shape index (κ2) is 7.71. The minimum Gasteiger partial charge on any atom is -0.298 e. The Morgan fingerprint density at radius 1 is 1.07 bits per heavy atom. The van der Waals surface area contributed by atoms with Crippen LogP contribution in [-0.4, -0.2) is 25.1 Å². The molecule has 0 spiro atoms. The van der Waals surface area contributed by atoms with Crippen LogP contribution >= 0.6 is 22.9 Å². The van der Waals surface area contributed by atoms with Gasteiger partial charge in [0.25, 0.3) is 5.91 Å². The van der Waals surface area contributed by atoms with Crippen LogP contribution in [0.2, 0.25) is 5.02 Å². The average molecular weight is 429 g/mol. The van der Waals surface area contributed by atoms with E-state index in [9.17, 15) is 22.0 Å². The van der Waals surface area contributed by atoms with Crippen molar-refractivity contribution in [1.82, 2.24) is 4.98 Å². The lowest BCUT2D eigenvalue weighted by Gasteiger charge is -2.05. The number of aromatic nitrogens is 1. The molecule has 0 fully saturated rings. The molecule has 0 atom stereocenters. The summed E-state index contributed by atoms with van der Waals surface area (Å²) in [4.78, 5) is 16.0. The van der Waals surface area contributed by atoms with Crippen molar-refractivity contribution in [3.05, 3.63) is 64.5 Å². The van der Waals surface area contributed by atoms with Gasteiger partial charge in [-0.05, 0) is 36.4 Å². The van der Waals surface area contributed by atoms with Gasteiger partial charge in [-0.25, -0.2) is 13.4 Å². The highest BCUT2D eigenvalue weighted by molar-refractivity contribution is 7.91. The highest BCUT2D eigenvalue weighted by atomic mass is 35.5. The van der Waals surface area contributed by atoms with Crippen molar-refractivity contribution in [3.63, 3.8) is 0 Å². The predicted molar refractivity (Wildman–Crippen MR) is 100 cm³/mol. The fourth-order valence-electron chi connectivity index (χ4n) is 2.15. The van der Waals surface area contributed by atoms with Gasteiger partial charge in [-0.2, -0.15) is 8.78 Å². The maximum atomic E-state index is 12.5. The number of alkyl halides is 2. The molecule has 0 aliphatic carbocycles. The first-order valence-corrected chi connectivity index (χ1v) is 10.2. The van der Waals surface area contributed by atoms with Crippen LogP contribution in [0.5, 0.6) is 0 Å². The number of carbonyl (C=O) groups excluding carboxylic acids is 1. The normalized spacial score (nSPS) is 11.6. The summed E-state index contributed by atoms with van der Waals surface area (Å²) in [5, 5.41) is 5.29. The number of carbonyl (C=O) groups is 1. The Hall–Kier alpha value is -2.36. The molecule has 0 saturated carbocycles. The maximum absolute atomic E-state index is 12.5. The number of nitrogens with zero attached hydrogens (tertiary/aromatic N) is 1. The van der Waals surface area contributed by atoms with E-state index in [0.29, 0.717) is 15.8 Å². The lowest BCUT2D eigenvalue weighted by atomic mass is 10.2. The fourth-order valence-corrected chi connectivity index (χ4v) is 3.71. The van der Waals surface area contributed by atoms with Gasteiger partial charge in [-0.15, -0.1) is 11.3 Å². The summed E-state index contributed by atoms with van der Waals surface area (Å²) >= 11 is 7.06. The summed E-state index contributed by atoms with van der Waals surface area (Å²) in [6.07, 6.45) is 0. The van der Waals surface area contributed by atoms with Gasteiger partial charge >= 0.3 is 5.76 Å². The Morgan fingerprint density at radius 2 is 1.70 bits per heavy atom. The number of benzene rings is 2. The lowest BCUT2D eigenvalue weighted by Crippen LogP contribution is -2.14. The van der Waals surface area contributed by atoms with Crippen LogP contribution < -0.4 is 5.32 Å². The van der Waals surface area contributed by atoms with E-state index in [0.717, 1.165) is 29.8 Å². The number of anilines is 1. The van der Waals surface area contributed by atoms with Crippen molar-refractivity contribution in [1.29, 1.82) is 0 Å². The molecule has 1 aromatic heterocycles. The molecular formula is C17H11ClF2N2O3S2. The molecule has 5 nitrogen and oxygen atoms in total. The number of hydrogen-bond acceptors (Lipinski definition) is 5. The molecule has 0 unspecified atom stereocenters. The Balaban J connectivity index is 1.73. The van der Waals surface area contributed by atoms with Gasteiger partial charge in [0, 0.05) is 21.5 Å². The highest BCUT2D eigenvalue weighted by Gasteiger charge is 2.26. The first kappa shape index (κ1) is 19.4. The Morgan fingerprint density at radius 3 is 2.30 bits per heavy atom. The van der Waals surface area contributed by atoms with Gasteiger partial charge in [0.05, 0.1) is 10.6 Å². The molecule has 0 aliphatic heterocycles. The van der Waals surface area contributed by atoms with Crippen LogP contribution in [0.1, 0.15) is 10.4 Å². The van der Waals surface area contributed by atoms with Gasteiger partial charge in [0.2, 0.25) is 9.84 Å². The van der Waals surface area contributed by atoms with Crippen LogP contribution in [-0.2, 0) is 9.84 Å². The molecule has 0 radical (unpaired) electrons. The van der Waals surface area contributed by atoms with Crippen molar-refractivity contribution in [2.24, 2.45) is 0 Å². The van der Waals surface area contributed by atoms with E-state index in [1.165, 1.54) is 11.3 Å². The summed E-state index contributed by atoms with van der Waals surface area (Å²) in [6, 6.07) is 11.3. The molecule has 27 heavy (non-hydrogen) atoms. The molecule has 2 aromatic carbocycles. The molecular weight excluding hydrogens is 418 g/mol. The van der Waals surface area contributed by atoms with Crippen LogP contribution in [0.25, 0.3) is 11.3 Å². The number of rotatable bonds is 5. The number of nitrogens with one attached hydrogen (secondary N) is 1. The maximum Gasteiger partial charge on any atom is 0.341 e. The predicted octanol–water partition coefficient (Wildman–Crippen LogP) is 4.71. The number of sulfone groups is 1. The first-order chi connectivity index (χ1) is 12.8. The van der Waals surface area contributed by atoms with Gasteiger partial charge < -0.3 is 0 Å². The van der Waals surface area contributed by atoms with Crippen molar-refractivity contribution < 1.29 is 22.0 Å². The average Bonchev–Trinajstić information content (AvgIpc) is 3.10. The standard InChI is InChI=1S/C17H11ClF2N2O3S2/c18-12-5-1-10(2-6-12)14-9-26-17(21-14)22-15(23)11-3-7-13(8-4-11)27(24,25)16(19)20/h1-9,16H,(H,21,22,23). The molecule has 3 aromatic rings. The van der Waals surface area contributed by atoms with Crippen molar-refractivity contribution in [2.45, 2.75) is 10.7 Å². The fraction of sp³-hybridized carbons (Fsp3) is 0.0588. The van der Waals surface area contributed by atoms with Gasteiger partial charge in [0.15, 0.2) is 5.13 Å². The summed E-state index contributed by atoms with van der Waals surface area (Å²) < 4.78 is 47.8. The van der Waals surface area contributed by atoms with Crippen LogP contribution in [0.3, 0.4) is 0 Å². The Bertz CT molecular complexity index is 1070. The number of amides is 1. The van der Waals surface area contributed by atoms with Crippen LogP contribution in [0.15, 0.2) is 58.8 Å². The second-order valence-electron chi connectivity index (χ2n) is 5.33. The smallest absolute Gasteiger partial charge is 0.298 e. The van der Waals surface area contributed by atoms with Crippen LogP contribution in [0, 0.1) is 0 Å². The zero-order chi connectivity index (χ0) is 19.6. The van der Waals surface area contributed by atoms with E-state index in [2.05, 4.69) is 10.3 Å². The monoisotopic (exact) mass is 428 g/mol. The van der Waals surface area contributed by atoms with Gasteiger partial charge in [-0.3, -0.25) is 10.1 Å². The van der Waals surface area contributed by atoms with E-state index >= 15 is 0 Å². The third-order valence-electron chi connectivity index (χ3n) is 3.54. The summed E-state index contributed by atoms with van der Waals surface area (Å²) in [5.41, 5.74) is 1.61. The molecule has 1 amide bonds. The van der Waals surface area contributed by atoms with Crippen LogP contribution in [0.4, 0.5) is 13.9 Å². The molecule has 0 aliphatic rings. The minimum atomic E-state index is -4.69. The largest absolute Gasteiger partial charge is 0.341 e. The van der Waals surface area contributed by atoms with E-state index < -0.39 is 26.4 Å². The zero-order valence-electron chi connectivity index (χ0n) is 13.4. The van der Waals surface area contributed by atoms with Crippen molar-refractivity contribution in [3.8, 4) is 11.3 Å². The number of halogens is 3. The van der Waals surface area contributed by atoms with Gasteiger partial charge in [-0.1, -0.05) is 23.7 Å². The minimum absolute atomic E-state index is 0.117. The highest BCUT2D eigenvalue weighted by Crippen LogP contribution is 2.26. The second-order valence-corrected chi connectivity index (χ2v) is 8.54. The topological polar surface area (TPSA) is 76.1 Å². The summed E-state index contributed by atoms with van der Waals surface area (Å²) in [7, 11) is -4.69. The molecule has 3 rings (SSSR count). The van der Waals surface area contributed by atoms with E-state index in [1.807, 2.05) is 0 Å². The lowest BCUT2D eigenvalue weighted by molar-refractivity contribution is 0.102. The molecule has 10 heteroatoms. The SMILES string of the molecule is O=C(Nc1nc(-c2ccc(Cl)cc2)cs1)c1ccc(S(=O)(=O)C(F)F)cc1. The molecule has 1 heterocycles. The summed E-state index contributed by atoms with van der Waals surface area (Å²) in [6.45, 7) is 0. The Kier molecular flexibility index (Phi) is 5.54. The zero-order valence-corrected chi connectivity index (χ0v) is 15.8. The Labute approximate surface area is 162 Å². The quantitative estimate of drug-likeness (QED) is 0.638. The van der Waals surface area contributed by atoms with Gasteiger partial charge in [0.1, 0.15) is 0 Å². The molecule has 1 N–H and O–H groups in total. The number of hydrogen-bond donors (Lipinski definition) is 1. The first-order valence-electron chi connectivity index (χ1n) is 7.42. The third kappa shape index (κ3) is 4.32. The third-order valence-corrected chi connectivity index (χ3v) is 5.95. The summed E-state index contributed by atoms with van der Waals surface area (Å²) in [5.74, 6) is -4.05. The molecule has 0 bridgehead atoms. The molecule has 0 saturated heterocycles. The molecule has 140 valence electrons. The number of thiazole rings is 1. The van der Waals surface area contributed by atoms with Crippen molar-refractivity contribution in [2.75, 3.05) is 5.32 Å². The van der Waals surface area contributed by atoms with E-state index in [4.69, 9.17) is 11.6 Å². The van der Waals surface area contributed by atoms with Crippen molar-refractivity contribution >= 4 is 43.8 Å².